The summed E-state index contributed by atoms with van der Waals surface area (Å²) in [6, 6.07) is 6.92. The van der Waals surface area contributed by atoms with Crippen LogP contribution in [-0.2, 0) is 14.0 Å². The average molecular weight is 436 g/mol. The quantitative estimate of drug-likeness (QED) is 0.277. The van der Waals surface area contributed by atoms with E-state index in [1.54, 1.807) is 7.11 Å². The van der Waals surface area contributed by atoms with Crippen LogP contribution < -0.4 is 10.1 Å². The van der Waals surface area contributed by atoms with E-state index in [1.165, 1.54) is 0 Å². The van der Waals surface area contributed by atoms with Crippen molar-refractivity contribution >= 4 is 20.0 Å². The molecular weight excluding hydrogens is 394 g/mol. The SMILES string of the molecule is CCOC(=O)C(Nc1ccc(OC)cc1)C(C)(C)C(O[Si](C)(C)C(C)(C)C)=C(C)C. The number of hydrogen-bond donors (Lipinski definition) is 1. The Kier molecular flexibility index (Phi) is 8.61. The van der Waals surface area contributed by atoms with Gasteiger partial charge in [0.15, 0.2) is 0 Å². The molecule has 0 saturated carbocycles. The van der Waals surface area contributed by atoms with Gasteiger partial charge >= 0.3 is 5.97 Å². The molecule has 0 radical (unpaired) electrons. The summed E-state index contributed by atoms with van der Waals surface area (Å²) < 4.78 is 17.4. The molecule has 1 aromatic rings. The predicted octanol–water partition coefficient (Wildman–Crippen LogP) is 6.38. The number of rotatable bonds is 9. The number of benzene rings is 1. The lowest BCUT2D eigenvalue weighted by Gasteiger charge is -2.44. The molecule has 0 aromatic heterocycles. The first-order valence-corrected chi connectivity index (χ1v) is 13.5. The molecule has 1 atom stereocenters. The fourth-order valence-corrected chi connectivity index (χ4v) is 4.31. The summed E-state index contributed by atoms with van der Waals surface area (Å²) in [7, 11) is -0.467. The molecule has 30 heavy (non-hydrogen) atoms. The first-order valence-electron chi connectivity index (χ1n) is 10.6. The monoisotopic (exact) mass is 435 g/mol. The lowest BCUT2D eigenvalue weighted by molar-refractivity contribution is -0.146. The molecule has 5 nitrogen and oxygen atoms in total. The summed E-state index contributed by atoms with van der Waals surface area (Å²) in [6.45, 7) is 21.4. The van der Waals surface area contributed by atoms with Gasteiger partial charge in [-0.2, -0.15) is 0 Å². The molecule has 1 N–H and O–H groups in total. The van der Waals surface area contributed by atoms with Crippen LogP contribution in [0.2, 0.25) is 18.1 Å². The number of carbonyl (C=O) groups excluding carboxylic acids is 1. The Bertz CT molecular complexity index is 741. The fourth-order valence-electron chi connectivity index (χ4n) is 3.03. The van der Waals surface area contributed by atoms with Crippen LogP contribution in [0.1, 0.15) is 55.4 Å². The van der Waals surface area contributed by atoms with Crippen molar-refractivity contribution in [3.63, 3.8) is 0 Å². The molecule has 0 bridgehead atoms. The van der Waals surface area contributed by atoms with E-state index in [4.69, 9.17) is 13.9 Å². The zero-order valence-corrected chi connectivity index (χ0v) is 21.7. The first kappa shape index (κ1) is 26.1. The number of ether oxygens (including phenoxy) is 2. The summed E-state index contributed by atoms with van der Waals surface area (Å²) in [5.41, 5.74) is 1.26. The topological polar surface area (TPSA) is 56.8 Å². The van der Waals surface area contributed by atoms with Gasteiger partial charge in [0.25, 0.3) is 0 Å². The molecule has 1 unspecified atom stereocenters. The van der Waals surface area contributed by atoms with E-state index < -0.39 is 19.8 Å². The second-order valence-corrected chi connectivity index (χ2v) is 14.7. The standard InChI is InChI=1S/C24H41NO4Si/c1-12-28-22(26)20(25-18-13-15-19(27-9)16-14-18)24(7,8)21(17(2)3)29-30(10,11)23(4,5)6/h13-16,20,25H,12H2,1-11H3. The predicted molar refractivity (Wildman–Crippen MR) is 127 cm³/mol. The number of allylic oxidation sites excluding steroid dienone is 1. The van der Waals surface area contributed by atoms with Gasteiger partial charge in [-0.05, 0) is 68.7 Å². The van der Waals surface area contributed by atoms with Crippen LogP contribution in [0, 0.1) is 5.41 Å². The molecule has 0 saturated heterocycles. The highest BCUT2D eigenvalue weighted by atomic mass is 28.4. The first-order chi connectivity index (χ1) is 13.7. The maximum atomic E-state index is 13.0. The Morgan fingerprint density at radius 3 is 2.00 bits per heavy atom. The number of methoxy groups -OCH3 is 1. The van der Waals surface area contributed by atoms with Gasteiger partial charge in [-0.3, -0.25) is 0 Å². The summed E-state index contributed by atoms with van der Waals surface area (Å²) in [5, 5.41) is 3.43. The highest BCUT2D eigenvalue weighted by Gasteiger charge is 2.46. The molecule has 0 aliphatic heterocycles. The van der Waals surface area contributed by atoms with Gasteiger partial charge in [0.05, 0.1) is 24.9 Å². The van der Waals surface area contributed by atoms with Crippen molar-refractivity contribution in [2.75, 3.05) is 19.0 Å². The van der Waals surface area contributed by atoms with Crippen molar-refractivity contribution in [2.45, 2.75) is 79.6 Å². The minimum Gasteiger partial charge on any atom is -0.546 e. The second kappa shape index (κ2) is 9.90. The van der Waals surface area contributed by atoms with Crippen molar-refractivity contribution in [2.24, 2.45) is 5.41 Å². The third kappa shape index (κ3) is 6.27. The average Bonchev–Trinajstić information content (AvgIpc) is 2.63. The molecule has 1 rings (SSSR count). The molecule has 0 aliphatic carbocycles. The Morgan fingerprint density at radius 2 is 1.60 bits per heavy atom. The molecule has 0 fully saturated rings. The van der Waals surface area contributed by atoms with E-state index in [2.05, 4.69) is 39.2 Å². The maximum absolute atomic E-state index is 13.0. The van der Waals surface area contributed by atoms with Gasteiger partial charge in [-0.25, -0.2) is 4.79 Å². The summed E-state index contributed by atoms with van der Waals surface area (Å²) in [6.07, 6.45) is 0. The van der Waals surface area contributed by atoms with Gasteiger partial charge in [0, 0.05) is 5.69 Å². The third-order valence-corrected chi connectivity index (χ3v) is 10.2. The van der Waals surface area contributed by atoms with Gasteiger partial charge in [-0.15, -0.1) is 0 Å². The highest BCUT2D eigenvalue weighted by molar-refractivity contribution is 6.74. The van der Waals surface area contributed by atoms with Crippen LogP contribution in [0.3, 0.4) is 0 Å². The molecule has 170 valence electrons. The van der Waals surface area contributed by atoms with Crippen molar-refractivity contribution < 1.29 is 18.7 Å². The lowest BCUT2D eigenvalue weighted by Crippen LogP contribution is -2.49. The van der Waals surface area contributed by atoms with Crippen molar-refractivity contribution in [1.82, 2.24) is 0 Å². The minimum absolute atomic E-state index is 0.0482. The molecule has 0 amide bonds. The van der Waals surface area contributed by atoms with Gasteiger partial charge in [-0.1, -0.05) is 34.6 Å². The van der Waals surface area contributed by atoms with Crippen LogP contribution >= 0.6 is 0 Å². The van der Waals surface area contributed by atoms with Crippen LogP contribution in [0.15, 0.2) is 35.6 Å². The van der Waals surface area contributed by atoms with Gasteiger partial charge in [0.2, 0.25) is 8.32 Å². The van der Waals surface area contributed by atoms with E-state index in [0.29, 0.717) is 6.61 Å². The van der Waals surface area contributed by atoms with E-state index in [0.717, 1.165) is 22.8 Å². The zero-order valence-electron chi connectivity index (χ0n) is 20.7. The Balaban J connectivity index is 3.38. The summed E-state index contributed by atoms with van der Waals surface area (Å²) in [5.74, 6) is 1.32. The summed E-state index contributed by atoms with van der Waals surface area (Å²) >= 11 is 0. The van der Waals surface area contributed by atoms with Crippen LogP contribution in [-0.4, -0.2) is 34.0 Å². The van der Waals surface area contributed by atoms with Crippen molar-refractivity contribution in [3.05, 3.63) is 35.6 Å². The highest BCUT2D eigenvalue weighted by Crippen LogP contribution is 2.44. The number of esters is 1. The number of nitrogens with one attached hydrogen (secondary N) is 1. The lowest BCUT2D eigenvalue weighted by atomic mass is 9.80. The van der Waals surface area contributed by atoms with Gasteiger partial charge in [0.1, 0.15) is 11.8 Å². The third-order valence-electron chi connectivity index (χ3n) is 5.85. The van der Waals surface area contributed by atoms with Crippen LogP contribution in [0.4, 0.5) is 5.69 Å². The molecule has 0 spiro atoms. The van der Waals surface area contributed by atoms with Crippen LogP contribution in [0.25, 0.3) is 0 Å². The molecule has 6 heteroatoms. The van der Waals surface area contributed by atoms with E-state index >= 15 is 0 Å². The minimum atomic E-state index is -2.10. The van der Waals surface area contributed by atoms with Crippen molar-refractivity contribution in [1.29, 1.82) is 0 Å². The largest absolute Gasteiger partial charge is 0.546 e. The van der Waals surface area contributed by atoms with Crippen molar-refractivity contribution in [3.8, 4) is 5.75 Å². The molecular formula is C24H41NO4Si. The number of carbonyl (C=O) groups is 1. The Morgan fingerprint density at radius 1 is 1.07 bits per heavy atom. The second-order valence-electron chi connectivity index (χ2n) is 9.97. The molecule has 0 aliphatic rings. The smallest absolute Gasteiger partial charge is 0.329 e. The Hall–Kier alpha value is -1.95. The van der Waals surface area contributed by atoms with Gasteiger partial charge < -0.3 is 19.2 Å². The van der Waals surface area contributed by atoms with E-state index in [1.807, 2.05) is 58.9 Å². The van der Waals surface area contributed by atoms with E-state index in [-0.39, 0.29) is 11.0 Å². The molecule has 1 aromatic carbocycles. The van der Waals surface area contributed by atoms with E-state index in [9.17, 15) is 4.79 Å². The normalized spacial score (nSPS) is 13.3. The fraction of sp³-hybridized carbons (Fsp3) is 0.625. The number of hydrogen-bond acceptors (Lipinski definition) is 5. The number of anilines is 1. The van der Waals surface area contributed by atoms with Crippen LogP contribution in [0.5, 0.6) is 5.75 Å². The Labute approximate surface area is 184 Å². The zero-order chi connectivity index (χ0) is 23.3. The maximum Gasteiger partial charge on any atom is 0.329 e. The molecule has 0 heterocycles. The summed E-state index contributed by atoms with van der Waals surface area (Å²) in [4.78, 5) is 13.0.